The van der Waals surface area contributed by atoms with Crippen LogP contribution in [0, 0.1) is 5.41 Å². The molecule has 152 valence electrons. The van der Waals surface area contributed by atoms with Gasteiger partial charge in [0.25, 0.3) is 0 Å². The fourth-order valence-electron chi connectivity index (χ4n) is 4.75. The lowest BCUT2D eigenvalue weighted by Crippen LogP contribution is -2.46. The summed E-state index contributed by atoms with van der Waals surface area (Å²) in [7, 11) is 0. The van der Waals surface area contributed by atoms with Gasteiger partial charge in [-0.05, 0) is 43.7 Å². The highest BCUT2D eigenvalue weighted by molar-refractivity contribution is 5.75. The number of likely N-dealkylation sites (tertiary alicyclic amines) is 2. The lowest BCUT2D eigenvalue weighted by atomic mass is 9.80. The molecular weight excluding hydrogens is 356 g/mol. The number of hydrogen-bond acceptors (Lipinski definition) is 4. The minimum atomic E-state index is -0.190. The maximum Gasteiger partial charge on any atom is 0.409 e. The predicted molar refractivity (Wildman–Crippen MR) is 109 cm³/mol. The largest absolute Gasteiger partial charge is 0.450 e. The number of carbonyl (C=O) groups excluding carboxylic acids is 1. The number of carbonyl (C=O) groups is 1. The van der Waals surface area contributed by atoms with Crippen molar-refractivity contribution in [2.75, 3.05) is 39.3 Å². The van der Waals surface area contributed by atoms with Crippen molar-refractivity contribution < 1.29 is 9.53 Å². The maximum atomic E-state index is 12.5. The van der Waals surface area contributed by atoms with Gasteiger partial charge in [0, 0.05) is 32.7 Å². The predicted octanol–water partition coefficient (Wildman–Crippen LogP) is 2.84. The number of aromatic amines is 1. The van der Waals surface area contributed by atoms with Crippen molar-refractivity contribution in [3.63, 3.8) is 0 Å². The molecule has 1 N–H and O–H groups in total. The number of para-hydroxylation sites is 2. The zero-order valence-corrected chi connectivity index (χ0v) is 16.8. The van der Waals surface area contributed by atoms with E-state index in [0.717, 1.165) is 63.0 Å². The number of piperidine rings is 1. The number of imidazole rings is 1. The molecule has 2 saturated heterocycles. The molecule has 1 aromatic carbocycles. The quantitative estimate of drug-likeness (QED) is 0.877. The van der Waals surface area contributed by atoms with Crippen molar-refractivity contribution in [1.29, 1.82) is 0 Å². The monoisotopic (exact) mass is 386 g/mol. The average molecular weight is 386 g/mol. The van der Waals surface area contributed by atoms with Crippen molar-refractivity contribution in [3.05, 3.63) is 34.7 Å². The van der Waals surface area contributed by atoms with Crippen LogP contribution in [0.3, 0.4) is 0 Å². The lowest BCUT2D eigenvalue weighted by Gasteiger charge is -2.41. The van der Waals surface area contributed by atoms with Gasteiger partial charge in [-0.1, -0.05) is 19.1 Å². The molecule has 7 heteroatoms. The summed E-state index contributed by atoms with van der Waals surface area (Å²) in [5, 5.41) is 0. The molecule has 0 unspecified atom stereocenters. The molecule has 2 aromatic rings. The first-order valence-electron chi connectivity index (χ1n) is 10.3. The smallest absolute Gasteiger partial charge is 0.409 e. The number of fused-ring (bicyclic) bond motifs is 1. The third-order valence-corrected chi connectivity index (χ3v) is 6.34. The summed E-state index contributed by atoms with van der Waals surface area (Å²) in [5.74, 6) is 0. The van der Waals surface area contributed by atoms with Crippen molar-refractivity contribution in [1.82, 2.24) is 19.4 Å². The van der Waals surface area contributed by atoms with E-state index < -0.39 is 0 Å². The first-order valence-corrected chi connectivity index (χ1v) is 10.3. The molecule has 7 nitrogen and oxygen atoms in total. The number of nitrogens with one attached hydrogen (secondary N) is 1. The first kappa shape index (κ1) is 19.1. The Balaban J connectivity index is 1.38. The van der Waals surface area contributed by atoms with E-state index in [1.165, 1.54) is 0 Å². The second kappa shape index (κ2) is 7.62. The number of nitrogens with zero attached hydrogens (tertiary/aromatic N) is 3. The third kappa shape index (κ3) is 3.68. The first-order chi connectivity index (χ1) is 13.5. The van der Waals surface area contributed by atoms with E-state index in [2.05, 4.69) is 16.8 Å². The summed E-state index contributed by atoms with van der Waals surface area (Å²) in [6.45, 7) is 9.03. The van der Waals surface area contributed by atoms with Crippen molar-refractivity contribution >= 4 is 17.1 Å². The van der Waals surface area contributed by atoms with Gasteiger partial charge in [-0.15, -0.1) is 0 Å². The Hall–Kier alpha value is -2.28. The number of benzene rings is 1. The fourth-order valence-corrected chi connectivity index (χ4v) is 4.75. The van der Waals surface area contributed by atoms with Crippen molar-refractivity contribution in [2.24, 2.45) is 5.41 Å². The molecule has 4 rings (SSSR count). The minimum absolute atomic E-state index is 0.0120. The molecule has 2 aliphatic rings. The summed E-state index contributed by atoms with van der Waals surface area (Å²) in [4.78, 5) is 31.7. The molecule has 28 heavy (non-hydrogen) atoms. The molecule has 0 bridgehead atoms. The molecular formula is C21H30N4O3. The van der Waals surface area contributed by atoms with Crippen molar-refractivity contribution in [2.45, 2.75) is 39.2 Å². The minimum Gasteiger partial charge on any atom is -0.450 e. The number of rotatable bonds is 4. The standard InChI is InChI=1S/C21H30N4O3/c1-3-28-20(27)24-12-9-21(2,10-13-24)15-23-11-8-16(14-23)25-18-7-5-4-6-17(18)22-19(25)26/h4-7,16H,3,8-15H2,1-2H3,(H,22,26)/t16-/m0/s1. The highest BCUT2D eigenvalue weighted by atomic mass is 16.6. The lowest BCUT2D eigenvalue weighted by molar-refractivity contribution is 0.0599. The summed E-state index contributed by atoms with van der Waals surface area (Å²) in [5.41, 5.74) is 2.09. The molecule has 2 fully saturated rings. The highest BCUT2D eigenvalue weighted by Crippen LogP contribution is 2.34. The van der Waals surface area contributed by atoms with E-state index in [-0.39, 0.29) is 23.2 Å². The molecule has 2 aliphatic heterocycles. The van der Waals surface area contributed by atoms with E-state index in [4.69, 9.17) is 4.74 Å². The van der Waals surface area contributed by atoms with Gasteiger partial charge < -0.3 is 19.5 Å². The molecule has 1 aromatic heterocycles. The molecule has 0 radical (unpaired) electrons. The van der Waals surface area contributed by atoms with E-state index in [1.54, 1.807) is 0 Å². The van der Waals surface area contributed by atoms with Crippen LogP contribution >= 0.6 is 0 Å². The molecule has 1 amide bonds. The number of amides is 1. The Morgan fingerprint density at radius 2 is 2.00 bits per heavy atom. The van der Waals surface area contributed by atoms with Crippen LogP contribution in [0.25, 0.3) is 11.0 Å². The molecule has 0 spiro atoms. The SMILES string of the molecule is CCOC(=O)N1CCC(C)(CN2CC[C@H](n3c(=O)[nH]c4ccccc43)C2)CC1. The average Bonchev–Trinajstić information content (AvgIpc) is 3.24. The summed E-state index contributed by atoms with van der Waals surface area (Å²) in [6, 6.07) is 8.12. The van der Waals surface area contributed by atoms with Crippen LogP contribution in [0.2, 0.25) is 0 Å². The van der Waals surface area contributed by atoms with Gasteiger partial charge >= 0.3 is 11.8 Å². The second-order valence-electron chi connectivity index (χ2n) is 8.49. The Labute approximate surface area is 165 Å². The van der Waals surface area contributed by atoms with Gasteiger partial charge in [0.2, 0.25) is 0 Å². The molecule has 1 atom stereocenters. The summed E-state index contributed by atoms with van der Waals surface area (Å²) in [6.07, 6.45) is 2.77. The van der Waals surface area contributed by atoms with Crippen LogP contribution in [0.15, 0.2) is 29.1 Å². The summed E-state index contributed by atoms with van der Waals surface area (Å²) >= 11 is 0. The van der Waals surface area contributed by atoms with E-state index >= 15 is 0 Å². The second-order valence-corrected chi connectivity index (χ2v) is 8.49. The normalized spacial score (nSPS) is 22.6. The van der Waals surface area contributed by atoms with Gasteiger partial charge in [-0.2, -0.15) is 0 Å². The molecule has 3 heterocycles. The van der Waals surface area contributed by atoms with Gasteiger partial charge in [0.05, 0.1) is 23.7 Å². The fraction of sp³-hybridized carbons (Fsp3) is 0.619. The van der Waals surface area contributed by atoms with Crippen LogP contribution in [0.5, 0.6) is 0 Å². The Bertz CT molecular complexity index is 894. The Kier molecular flexibility index (Phi) is 5.19. The zero-order chi connectivity index (χ0) is 19.7. The number of aromatic nitrogens is 2. The van der Waals surface area contributed by atoms with E-state index in [1.807, 2.05) is 40.7 Å². The number of hydrogen-bond donors (Lipinski definition) is 1. The zero-order valence-electron chi connectivity index (χ0n) is 16.8. The van der Waals surface area contributed by atoms with Crippen LogP contribution in [0.4, 0.5) is 4.79 Å². The van der Waals surface area contributed by atoms with E-state index in [9.17, 15) is 9.59 Å². The van der Waals surface area contributed by atoms with Gasteiger partial charge in [-0.25, -0.2) is 9.59 Å². The maximum absolute atomic E-state index is 12.5. The topological polar surface area (TPSA) is 70.6 Å². The van der Waals surface area contributed by atoms with Crippen LogP contribution < -0.4 is 5.69 Å². The number of H-pyrrole nitrogens is 1. The van der Waals surface area contributed by atoms with Gasteiger partial charge in [0.1, 0.15) is 0 Å². The van der Waals surface area contributed by atoms with Crippen LogP contribution in [0.1, 0.15) is 39.2 Å². The summed E-state index contributed by atoms with van der Waals surface area (Å²) < 4.78 is 7.06. The van der Waals surface area contributed by atoms with Crippen LogP contribution in [-0.4, -0.2) is 64.8 Å². The third-order valence-electron chi connectivity index (χ3n) is 6.34. The highest BCUT2D eigenvalue weighted by Gasteiger charge is 2.36. The molecule has 0 saturated carbocycles. The number of ether oxygens (including phenoxy) is 1. The Morgan fingerprint density at radius 3 is 2.75 bits per heavy atom. The van der Waals surface area contributed by atoms with E-state index in [0.29, 0.717) is 6.61 Å². The van der Waals surface area contributed by atoms with Crippen LogP contribution in [-0.2, 0) is 4.74 Å². The Morgan fingerprint density at radius 1 is 1.25 bits per heavy atom. The van der Waals surface area contributed by atoms with Gasteiger partial charge in [0.15, 0.2) is 0 Å². The molecule has 0 aliphatic carbocycles. The van der Waals surface area contributed by atoms with Crippen molar-refractivity contribution in [3.8, 4) is 0 Å². The van der Waals surface area contributed by atoms with Gasteiger partial charge in [-0.3, -0.25) is 4.57 Å².